The average Bonchev–Trinajstić information content (AvgIpc) is 2.74. The van der Waals surface area contributed by atoms with Gasteiger partial charge in [0, 0.05) is 0 Å². The Morgan fingerprint density at radius 1 is 0.821 bits per heavy atom. The molecule has 0 fully saturated rings. The summed E-state index contributed by atoms with van der Waals surface area (Å²) in [6.45, 7) is 0.447. The number of hydrogen-bond acceptors (Lipinski definition) is 4. The maximum absolute atomic E-state index is 5.99. The largest absolute Gasteiger partial charge is 0.495 e. The number of methoxy groups -OCH3 is 2. The predicted molar refractivity (Wildman–Crippen MR) is 111 cm³/mol. The highest BCUT2D eigenvalue weighted by Crippen LogP contribution is 2.31. The second-order valence-corrected chi connectivity index (χ2v) is 5.92. The van der Waals surface area contributed by atoms with E-state index in [0.29, 0.717) is 29.8 Å². The molecule has 0 aliphatic rings. The van der Waals surface area contributed by atoms with Crippen LogP contribution in [0.3, 0.4) is 0 Å². The van der Waals surface area contributed by atoms with Crippen molar-refractivity contribution in [1.82, 2.24) is 0 Å². The van der Waals surface area contributed by atoms with Gasteiger partial charge in [-0.15, -0.1) is 0 Å². The van der Waals surface area contributed by atoms with Gasteiger partial charge in [0.1, 0.15) is 11.5 Å². The van der Waals surface area contributed by atoms with Crippen LogP contribution in [0, 0.1) is 0 Å². The van der Waals surface area contributed by atoms with Crippen LogP contribution in [0.1, 0.15) is 5.56 Å². The Bertz CT molecular complexity index is 940. The fourth-order valence-corrected chi connectivity index (χ4v) is 2.59. The minimum absolute atomic E-state index is 0.318. The first-order valence-electron chi connectivity index (χ1n) is 8.79. The van der Waals surface area contributed by atoms with Gasteiger partial charge in [-0.2, -0.15) is 0 Å². The third-order valence-corrected chi connectivity index (χ3v) is 4.02. The second kappa shape index (κ2) is 9.32. The van der Waals surface area contributed by atoms with Gasteiger partial charge in [0.05, 0.1) is 26.5 Å². The molecule has 6 heteroatoms. The summed E-state index contributed by atoms with van der Waals surface area (Å²) < 4.78 is 16.5. The molecule has 0 aliphatic carbocycles. The summed E-state index contributed by atoms with van der Waals surface area (Å²) in [6.07, 6.45) is 0. The fraction of sp³-hybridized carbons (Fsp3) is 0.136. The molecule has 28 heavy (non-hydrogen) atoms. The van der Waals surface area contributed by atoms with Crippen molar-refractivity contribution in [3.8, 4) is 23.0 Å². The Kier molecular flexibility index (Phi) is 6.36. The SMILES string of the molecule is COc1ccccc1NC(N)=NCc1ccc(Oc2ccccc2OC)cc1. The van der Waals surface area contributed by atoms with E-state index in [2.05, 4.69) is 10.3 Å². The molecule has 3 aromatic rings. The number of nitrogens with zero attached hydrogens (tertiary/aromatic N) is 1. The zero-order chi connectivity index (χ0) is 19.8. The minimum atomic E-state index is 0.318. The fourth-order valence-electron chi connectivity index (χ4n) is 2.59. The molecule has 144 valence electrons. The van der Waals surface area contributed by atoms with Crippen molar-refractivity contribution in [2.45, 2.75) is 6.54 Å². The van der Waals surface area contributed by atoms with E-state index < -0.39 is 0 Å². The van der Waals surface area contributed by atoms with Gasteiger partial charge in [0.25, 0.3) is 0 Å². The number of ether oxygens (including phenoxy) is 3. The monoisotopic (exact) mass is 377 g/mol. The average molecular weight is 377 g/mol. The molecule has 0 heterocycles. The molecule has 0 saturated heterocycles. The number of nitrogens with two attached hydrogens (primary N) is 1. The third kappa shape index (κ3) is 4.94. The van der Waals surface area contributed by atoms with Gasteiger partial charge in [0.2, 0.25) is 0 Å². The van der Waals surface area contributed by atoms with E-state index in [0.717, 1.165) is 17.0 Å². The van der Waals surface area contributed by atoms with E-state index in [1.54, 1.807) is 14.2 Å². The van der Waals surface area contributed by atoms with Crippen LogP contribution >= 0.6 is 0 Å². The molecule has 0 amide bonds. The van der Waals surface area contributed by atoms with Crippen molar-refractivity contribution in [2.24, 2.45) is 10.7 Å². The second-order valence-electron chi connectivity index (χ2n) is 5.92. The number of rotatable bonds is 7. The number of anilines is 1. The molecule has 3 aromatic carbocycles. The highest BCUT2D eigenvalue weighted by atomic mass is 16.5. The van der Waals surface area contributed by atoms with E-state index in [-0.39, 0.29) is 0 Å². The molecule has 0 aromatic heterocycles. The van der Waals surface area contributed by atoms with E-state index in [9.17, 15) is 0 Å². The van der Waals surface area contributed by atoms with Gasteiger partial charge < -0.3 is 25.3 Å². The lowest BCUT2D eigenvalue weighted by molar-refractivity contribution is 0.379. The standard InChI is InChI=1S/C22H23N3O3/c1-26-19-8-4-3-7-18(19)25-22(23)24-15-16-11-13-17(14-12-16)28-21-10-6-5-9-20(21)27-2/h3-14H,15H2,1-2H3,(H3,23,24,25). The Labute approximate surface area is 164 Å². The van der Waals surface area contributed by atoms with Gasteiger partial charge in [-0.1, -0.05) is 36.4 Å². The maximum atomic E-state index is 5.99. The van der Waals surface area contributed by atoms with Crippen LogP contribution < -0.4 is 25.3 Å². The van der Waals surface area contributed by atoms with Crippen molar-refractivity contribution >= 4 is 11.6 Å². The van der Waals surface area contributed by atoms with Crippen molar-refractivity contribution in [2.75, 3.05) is 19.5 Å². The third-order valence-electron chi connectivity index (χ3n) is 4.02. The van der Waals surface area contributed by atoms with Gasteiger partial charge in [-0.3, -0.25) is 0 Å². The molecule has 6 nitrogen and oxygen atoms in total. The van der Waals surface area contributed by atoms with Crippen LogP contribution in [0.5, 0.6) is 23.0 Å². The summed E-state index contributed by atoms with van der Waals surface area (Å²) in [5.74, 6) is 3.10. The Hall–Kier alpha value is -3.67. The molecule has 3 rings (SSSR count). The van der Waals surface area contributed by atoms with Crippen LogP contribution in [0.2, 0.25) is 0 Å². The summed E-state index contributed by atoms with van der Waals surface area (Å²) in [4.78, 5) is 4.37. The highest BCUT2D eigenvalue weighted by molar-refractivity contribution is 5.93. The summed E-state index contributed by atoms with van der Waals surface area (Å²) in [5.41, 5.74) is 7.77. The van der Waals surface area contributed by atoms with Crippen molar-refractivity contribution in [1.29, 1.82) is 0 Å². The molecule has 0 unspecified atom stereocenters. The van der Waals surface area contributed by atoms with Crippen LogP contribution in [-0.4, -0.2) is 20.2 Å². The number of aliphatic imine (C=N–C) groups is 1. The first kappa shape index (κ1) is 19.1. The Balaban J connectivity index is 1.61. The first-order valence-corrected chi connectivity index (χ1v) is 8.79. The summed E-state index contributed by atoms with van der Waals surface area (Å²) >= 11 is 0. The van der Waals surface area contributed by atoms with Gasteiger partial charge in [-0.05, 0) is 42.0 Å². The number of guanidine groups is 1. The summed E-state index contributed by atoms with van der Waals surface area (Å²) in [7, 11) is 3.23. The molecule has 0 radical (unpaired) electrons. The number of hydrogen-bond donors (Lipinski definition) is 2. The number of para-hydroxylation sites is 4. The molecular weight excluding hydrogens is 354 g/mol. The predicted octanol–water partition coefficient (Wildman–Crippen LogP) is 4.42. The lowest BCUT2D eigenvalue weighted by Gasteiger charge is -2.11. The highest BCUT2D eigenvalue weighted by Gasteiger charge is 2.05. The zero-order valence-corrected chi connectivity index (χ0v) is 15.9. The molecular formula is C22H23N3O3. The lowest BCUT2D eigenvalue weighted by atomic mass is 10.2. The topological polar surface area (TPSA) is 78.1 Å². The van der Waals surface area contributed by atoms with Crippen LogP contribution in [-0.2, 0) is 6.54 Å². The van der Waals surface area contributed by atoms with Crippen molar-refractivity contribution < 1.29 is 14.2 Å². The van der Waals surface area contributed by atoms with Crippen LogP contribution in [0.15, 0.2) is 77.8 Å². The molecule has 0 aliphatic heterocycles. The van der Waals surface area contributed by atoms with Gasteiger partial charge in [0.15, 0.2) is 17.5 Å². The summed E-state index contributed by atoms with van der Waals surface area (Å²) in [6, 6.07) is 22.7. The Morgan fingerprint density at radius 3 is 2.11 bits per heavy atom. The molecule has 0 spiro atoms. The van der Waals surface area contributed by atoms with E-state index >= 15 is 0 Å². The minimum Gasteiger partial charge on any atom is -0.495 e. The number of benzene rings is 3. The van der Waals surface area contributed by atoms with E-state index in [1.807, 2.05) is 72.8 Å². The van der Waals surface area contributed by atoms with E-state index in [4.69, 9.17) is 19.9 Å². The van der Waals surface area contributed by atoms with Gasteiger partial charge in [-0.25, -0.2) is 4.99 Å². The molecule has 0 atom stereocenters. The molecule has 3 N–H and O–H groups in total. The first-order chi connectivity index (χ1) is 13.7. The zero-order valence-electron chi connectivity index (χ0n) is 15.9. The molecule has 0 bridgehead atoms. The quantitative estimate of drug-likeness (QED) is 0.471. The number of nitrogens with one attached hydrogen (secondary N) is 1. The van der Waals surface area contributed by atoms with Crippen molar-refractivity contribution in [3.05, 3.63) is 78.4 Å². The van der Waals surface area contributed by atoms with Crippen LogP contribution in [0.4, 0.5) is 5.69 Å². The Morgan fingerprint density at radius 2 is 1.43 bits per heavy atom. The molecule has 0 saturated carbocycles. The van der Waals surface area contributed by atoms with Crippen LogP contribution in [0.25, 0.3) is 0 Å². The lowest BCUT2D eigenvalue weighted by Crippen LogP contribution is -2.22. The van der Waals surface area contributed by atoms with Gasteiger partial charge >= 0.3 is 0 Å². The van der Waals surface area contributed by atoms with Crippen molar-refractivity contribution in [3.63, 3.8) is 0 Å². The smallest absolute Gasteiger partial charge is 0.193 e. The summed E-state index contributed by atoms with van der Waals surface area (Å²) in [5, 5.41) is 3.05. The maximum Gasteiger partial charge on any atom is 0.193 e. The van der Waals surface area contributed by atoms with E-state index in [1.165, 1.54) is 0 Å². The normalized spacial score (nSPS) is 11.0.